The molecule has 2 aromatic carbocycles. The number of quaternary nitrogens is 1. The van der Waals surface area contributed by atoms with E-state index in [0.29, 0.717) is 19.8 Å². The Balaban J connectivity index is 1.62. The third kappa shape index (κ3) is 5.92. The fourth-order valence-corrected chi connectivity index (χ4v) is 3.46. The van der Waals surface area contributed by atoms with Crippen LogP contribution in [0, 0.1) is 5.82 Å². The molecule has 1 amide bonds. The predicted molar refractivity (Wildman–Crippen MR) is 110 cm³/mol. The number of para-hydroxylation sites is 1. The van der Waals surface area contributed by atoms with Crippen molar-refractivity contribution in [3.05, 3.63) is 59.9 Å². The second-order valence-corrected chi connectivity index (χ2v) is 7.33. The molecule has 0 unspecified atom stereocenters. The molecule has 1 atom stereocenters. The van der Waals surface area contributed by atoms with Gasteiger partial charge in [0, 0.05) is 25.3 Å². The molecule has 1 aliphatic rings. The van der Waals surface area contributed by atoms with Crippen LogP contribution in [-0.4, -0.2) is 59.5 Å². The Labute approximate surface area is 171 Å². The Morgan fingerprint density at radius 3 is 2.52 bits per heavy atom. The summed E-state index contributed by atoms with van der Waals surface area (Å²) >= 11 is 0. The minimum absolute atomic E-state index is 0.0808. The van der Waals surface area contributed by atoms with Crippen molar-refractivity contribution in [2.75, 3.05) is 58.5 Å². The zero-order valence-corrected chi connectivity index (χ0v) is 17.0. The van der Waals surface area contributed by atoms with E-state index in [1.54, 1.807) is 12.1 Å². The summed E-state index contributed by atoms with van der Waals surface area (Å²) in [6.07, 6.45) is 0. The number of anilines is 1. The van der Waals surface area contributed by atoms with Crippen LogP contribution in [0.5, 0.6) is 5.75 Å². The summed E-state index contributed by atoms with van der Waals surface area (Å²) in [4.78, 5) is 15.7. The van der Waals surface area contributed by atoms with Crippen LogP contribution < -0.4 is 19.9 Å². The number of nitrogens with zero attached hydrogens (tertiary/aromatic N) is 1. The summed E-state index contributed by atoms with van der Waals surface area (Å²) in [6.45, 7) is 3.48. The number of hydrogen-bond donors (Lipinski definition) is 2. The van der Waals surface area contributed by atoms with Crippen molar-refractivity contribution in [1.82, 2.24) is 5.32 Å². The van der Waals surface area contributed by atoms with E-state index in [9.17, 15) is 9.18 Å². The van der Waals surface area contributed by atoms with Crippen molar-refractivity contribution in [2.45, 2.75) is 6.04 Å². The van der Waals surface area contributed by atoms with Gasteiger partial charge in [-0.1, -0.05) is 24.3 Å². The first-order valence-corrected chi connectivity index (χ1v) is 9.88. The van der Waals surface area contributed by atoms with Gasteiger partial charge in [-0.3, -0.25) is 4.79 Å². The molecule has 0 spiro atoms. The number of nitrogens with one attached hydrogen (secondary N) is 2. The normalized spacial score (nSPS) is 15.6. The SMILES string of the molecule is CN(C)c1ccc([C@H](CNC(=O)COc2ccccc2F)[NH+]2CCOCC2)cc1. The molecule has 3 rings (SSSR count). The van der Waals surface area contributed by atoms with Gasteiger partial charge in [0.15, 0.2) is 18.2 Å². The predicted octanol–water partition coefficient (Wildman–Crippen LogP) is 1.04. The van der Waals surface area contributed by atoms with Crippen molar-refractivity contribution >= 4 is 11.6 Å². The highest BCUT2D eigenvalue weighted by Gasteiger charge is 2.27. The second kappa shape index (κ2) is 10.2. The maximum absolute atomic E-state index is 13.6. The Hall–Kier alpha value is -2.64. The number of ether oxygens (including phenoxy) is 2. The van der Waals surface area contributed by atoms with Crippen LogP contribution in [0.4, 0.5) is 10.1 Å². The molecule has 1 heterocycles. The van der Waals surface area contributed by atoms with E-state index in [1.807, 2.05) is 14.1 Å². The van der Waals surface area contributed by atoms with Gasteiger partial charge in [-0.2, -0.15) is 0 Å². The van der Waals surface area contributed by atoms with Gasteiger partial charge in [0.05, 0.1) is 19.8 Å². The third-order valence-electron chi connectivity index (χ3n) is 5.14. The Bertz CT molecular complexity index is 792. The summed E-state index contributed by atoms with van der Waals surface area (Å²) in [7, 11) is 4.02. The van der Waals surface area contributed by atoms with E-state index in [1.165, 1.54) is 22.6 Å². The number of rotatable bonds is 8. The monoisotopic (exact) mass is 402 g/mol. The molecule has 0 saturated carbocycles. The maximum atomic E-state index is 13.6. The van der Waals surface area contributed by atoms with Crippen LogP contribution in [0.15, 0.2) is 48.5 Å². The molecule has 29 heavy (non-hydrogen) atoms. The van der Waals surface area contributed by atoms with E-state index < -0.39 is 5.82 Å². The first-order chi connectivity index (χ1) is 14.0. The first kappa shape index (κ1) is 21.1. The molecule has 2 aromatic rings. The molecule has 1 saturated heterocycles. The molecular weight excluding hydrogens is 373 g/mol. The maximum Gasteiger partial charge on any atom is 0.258 e. The molecule has 2 N–H and O–H groups in total. The van der Waals surface area contributed by atoms with E-state index in [4.69, 9.17) is 9.47 Å². The zero-order valence-electron chi connectivity index (χ0n) is 17.0. The van der Waals surface area contributed by atoms with E-state index in [-0.39, 0.29) is 24.3 Å². The lowest BCUT2D eigenvalue weighted by Gasteiger charge is -2.32. The van der Waals surface area contributed by atoms with E-state index in [0.717, 1.165) is 18.8 Å². The molecular formula is C22H29FN3O3+. The molecule has 6 nitrogen and oxygen atoms in total. The number of halogens is 1. The van der Waals surface area contributed by atoms with Crippen molar-refractivity contribution in [3.8, 4) is 5.75 Å². The van der Waals surface area contributed by atoms with E-state index in [2.05, 4.69) is 34.5 Å². The van der Waals surface area contributed by atoms with Gasteiger partial charge in [0.2, 0.25) is 0 Å². The van der Waals surface area contributed by atoms with Gasteiger partial charge in [-0.25, -0.2) is 4.39 Å². The molecule has 1 fully saturated rings. The number of morpholine rings is 1. The average molecular weight is 402 g/mol. The molecule has 0 radical (unpaired) electrons. The van der Waals surface area contributed by atoms with Crippen LogP contribution in [0.1, 0.15) is 11.6 Å². The third-order valence-corrected chi connectivity index (χ3v) is 5.14. The molecule has 0 aromatic heterocycles. The lowest BCUT2D eigenvalue weighted by atomic mass is 10.0. The number of benzene rings is 2. The minimum Gasteiger partial charge on any atom is -0.481 e. The van der Waals surface area contributed by atoms with Gasteiger partial charge in [-0.05, 0) is 24.3 Å². The highest BCUT2D eigenvalue weighted by Crippen LogP contribution is 2.17. The van der Waals surface area contributed by atoms with E-state index >= 15 is 0 Å². The summed E-state index contributed by atoms with van der Waals surface area (Å²) in [5.41, 5.74) is 2.30. The number of carbonyl (C=O) groups is 1. The summed E-state index contributed by atoms with van der Waals surface area (Å²) in [6, 6.07) is 14.6. The zero-order chi connectivity index (χ0) is 20.6. The summed E-state index contributed by atoms with van der Waals surface area (Å²) < 4.78 is 24.4. The van der Waals surface area contributed by atoms with Gasteiger partial charge >= 0.3 is 0 Å². The largest absolute Gasteiger partial charge is 0.481 e. The fraction of sp³-hybridized carbons (Fsp3) is 0.409. The topological polar surface area (TPSA) is 55.2 Å². The smallest absolute Gasteiger partial charge is 0.258 e. The van der Waals surface area contributed by atoms with Gasteiger partial charge < -0.3 is 24.6 Å². The first-order valence-electron chi connectivity index (χ1n) is 9.88. The van der Waals surface area contributed by atoms with Crippen LogP contribution in [-0.2, 0) is 9.53 Å². The number of amides is 1. The van der Waals surface area contributed by atoms with Crippen molar-refractivity contribution in [3.63, 3.8) is 0 Å². The van der Waals surface area contributed by atoms with Crippen molar-refractivity contribution in [2.24, 2.45) is 0 Å². The summed E-state index contributed by atoms with van der Waals surface area (Å²) in [5, 5.41) is 2.95. The fourth-order valence-electron chi connectivity index (χ4n) is 3.46. The quantitative estimate of drug-likeness (QED) is 0.693. The Morgan fingerprint density at radius 1 is 1.17 bits per heavy atom. The van der Waals surface area contributed by atoms with Crippen LogP contribution in [0.3, 0.4) is 0 Å². The number of carbonyl (C=O) groups excluding carboxylic acids is 1. The molecule has 0 bridgehead atoms. The lowest BCUT2D eigenvalue weighted by molar-refractivity contribution is -0.937. The lowest BCUT2D eigenvalue weighted by Crippen LogP contribution is -3.15. The molecule has 7 heteroatoms. The van der Waals surface area contributed by atoms with Gasteiger partial charge in [-0.15, -0.1) is 0 Å². The van der Waals surface area contributed by atoms with Crippen LogP contribution in [0.2, 0.25) is 0 Å². The Kier molecular flexibility index (Phi) is 7.43. The minimum atomic E-state index is -0.475. The molecule has 1 aliphatic heterocycles. The van der Waals surface area contributed by atoms with Crippen LogP contribution >= 0.6 is 0 Å². The highest BCUT2D eigenvalue weighted by atomic mass is 19.1. The van der Waals surface area contributed by atoms with Crippen LogP contribution in [0.25, 0.3) is 0 Å². The summed E-state index contributed by atoms with van der Waals surface area (Å²) in [5.74, 6) is -0.662. The molecule has 156 valence electrons. The van der Waals surface area contributed by atoms with Gasteiger partial charge in [0.25, 0.3) is 5.91 Å². The van der Waals surface area contributed by atoms with Gasteiger partial charge in [0.1, 0.15) is 19.1 Å². The molecule has 0 aliphatic carbocycles. The number of hydrogen-bond acceptors (Lipinski definition) is 4. The Morgan fingerprint density at radius 2 is 1.86 bits per heavy atom. The second-order valence-electron chi connectivity index (χ2n) is 7.33. The highest BCUT2D eigenvalue weighted by molar-refractivity contribution is 5.77. The average Bonchev–Trinajstić information content (AvgIpc) is 2.74. The standard InChI is InChI=1S/C22H28FN3O3/c1-25(2)18-9-7-17(8-10-18)20(26-11-13-28-14-12-26)15-24-22(27)16-29-21-6-4-3-5-19(21)23/h3-10,20H,11-16H2,1-2H3,(H,24,27)/p+1/t20-/m0/s1. The van der Waals surface area contributed by atoms with Crippen molar-refractivity contribution in [1.29, 1.82) is 0 Å². The van der Waals surface area contributed by atoms with Crippen molar-refractivity contribution < 1.29 is 23.6 Å².